The van der Waals surface area contributed by atoms with Gasteiger partial charge in [-0.3, -0.25) is 4.79 Å². The van der Waals surface area contributed by atoms with E-state index in [0.29, 0.717) is 22.4 Å². The summed E-state index contributed by atoms with van der Waals surface area (Å²) in [7, 11) is 1.28. The van der Waals surface area contributed by atoms with E-state index in [4.69, 9.17) is 9.47 Å². The Labute approximate surface area is 137 Å². The SMILES string of the molecule is COC(=O)c1cc(OCc2ccccc2)c(Br)cc1C(C)=O. The van der Waals surface area contributed by atoms with Crippen LogP contribution in [0.15, 0.2) is 46.9 Å². The van der Waals surface area contributed by atoms with Crippen LogP contribution >= 0.6 is 15.9 Å². The van der Waals surface area contributed by atoms with Crippen LogP contribution in [-0.4, -0.2) is 18.9 Å². The van der Waals surface area contributed by atoms with Crippen molar-refractivity contribution in [1.29, 1.82) is 0 Å². The molecule has 0 aliphatic heterocycles. The van der Waals surface area contributed by atoms with Crippen LogP contribution in [0.1, 0.15) is 33.2 Å². The lowest BCUT2D eigenvalue weighted by Crippen LogP contribution is -2.09. The molecule has 2 aromatic rings. The van der Waals surface area contributed by atoms with Crippen LogP contribution in [0.2, 0.25) is 0 Å². The molecule has 5 heteroatoms. The van der Waals surface area contributed by atoms with Crippen LogP contribution in [-0.2, 0) is 11.3 Å². The zero-order valence-corrected chi connectivity index (χ0v) is 13.8. The summed E-state index contributed by atoms with van der Waals surface area (Å²) in [5.41, 5.74) is 1.50. The number of carbonyl (C=O) groups excluding carboxylic acids is 2. The molecule has 0 saturated heterocycles. The molecule has 0 aliphatic carbocycles. The number of hydrogen-bond donors (Lipinski definition) is 0. The van der Waals surface area contributed by atoms with E-state index < -0.39 is 5.97 Å². The molecule has 4 nitrogen and oxygen atoms in total. The largest absolute Gasteiger partial charge is 0.488 e. The highest BCUT2D eigenvalue weighted by Crippen LogP contribution is 2.30. The highest BCUT2D eigenvalue weighted by molar-refractivity contribution is 9.10. The van der Waals surface area contributed by atoms with Gasteiger partial charge in [-0.1, -0.05) is 30.3 Å². The first-order valence-electron chi connectivity index (χ1n) is 6.62. The molecule has 2 aromatic carbocycles. The van der Waals surface area contributed by atoms with Crippen molar-refractivity contribution in [1.82, 2.24) is 0 Å². The topological polar surface area (TPSA) is 52.6 Å². The van der Waals surface area contributed by atoms with Gasteiger partial charge in [0.05, 0.1) is 17.1 Å². The number of halogens is 1. The van der Waals surface area contributed by atoms with Gasteiger partial charge in [0.25, 0.3) is 0 Å². The quantitative estimate of drug-likeness (QED) is 0.595. The number of esters is 1. The molecule has 0 aromatic heterocycles. The summed E-state index contributed by atoms with van der Waals surface area (Å²) in [5, 5.41) is 0. The summed E-state index contributed by atoms with van der Waals surface area (Å²) in [6.45, 7) is 1.76. The van der Waals surface area contributed by atoms with Crippen LogP contribution < -0.4 is 4.74 Å². The zero-order chi connectivity index (χ0) is 16.1. The molecule has 0 saturated carbocycles. The average molecular weight is 363 g/mol. The van der Waals surface area contributed by atoms with Crippen molar-refractivity contribution < 1.29 is 19.1 Å². The van der Waals surface area contributed by atoms with Crippen molar-refractivity contribution in [2.45, 2.75) is 13.5 Å². The van der Waals surface area contributed by atoms with Crippen LogP contribution in [0.5, 0.6) is 5.75 Å². The Morgan fingerprint density at radius 1 is 1.09 bits per heavy atom. The molecule has 0 heterocycles. The van der Waals surface area contributed by atoms with Gasteiger partial charge >= 0.3 is 5.97 Å². The van der Waals surface area contributed by atoms with Crippen molar-refractivity contribution in [3.8, 4) is 5.75 Å². The predicted octanol–water partition coefficient (Wildman–Crippen LogP) is 4.02. The Bertz CT molecular complexity index is 695. The third-order valence-electron chi connectivity index (χ3n) is 3.09. The molecule has 0 bridgehead atoms. The lowest BCUT2D eigenvalue weighted by atomic mass is 10.0. The Balaban J connectivity index is 2.32. The number of methoxy groups -OCH3 is 1. The van der Waals surface area contributed by atoms with Gasteiger partial charge in [-0.15, -0.1) is 0 Å². The molecule has 114 valence electrons. The summed E-state index contributed by atoms with van der Waals surface area (Å²) in [6.07, 6.45) is 0. The summed E-state index contributed by atoms with van der Waals surface area (Å²) < 4.78 is 11.1. The lowest BCUT2D eigenvalue weighted by molar-refractivity contribution is 0.0596. The number of carbonyl (C=O) groups is 2. The van der Waals surface area contributed by atoms with Crippen molar-refractivity contribution in [2.24, 2.45) is 0 Å². The first kappa shape index (κ1) is 16.2. The van der Waals surface area contributed by atoms with E-state index in [1.54, 1.807) is 6.07 Å². The van der Waals surface area contributed by atoms with Gasteiger partial charge in [-0.05, 0) is 40.5 Å². The summed E-state index contributed by atoms with van der Waals surface area (Å²) in [4.78, 5) is 23.5. The van der Waals surface area contributed by atoms with E-state index in [1.807, 2.05) is 30.3 Å². The normalized spacial score (nSPS) is 10.1. The summed E-state index contributed by atoms with van der Waals surface area (Å²) >= 11 is 3.36. The fraction of sp³-hybridized carbons (Fsp3) is 0.176. The minimum Gasteiger partial charge on any atom is -0.488 e. The van der Waals surface area contributed by atoms with E-state index >= 15 is 0 Å². The van der Waals surface area contributed by atoms with Gasteiger partial charge in [-0.25, -0.2) is 4.79 Å². The minimum atomic E-state index is -0.567. The smallest absolute Gasteiger partial charge is 0.338 e. The van der Waals surface area contributed by atoms with E-state index in [0.717, 1.165) is 5.56 Å². The minimum absolute atomic E-state index is 0.196. The van der Waals surface area contributed by atoms with E-state index in [9.17, 15) is 9.59 Å². The highest BCUT2D eigenvalue weighted by atomic mass is 79.9. The number of benzene rings is 2. The molecule has 0 aliphatic rings. The second kappa shape index (κ2) is 7.22. The maximum absolute atomic E-state index is 11.8. The van der Waals surface area contributed by atoms with Crippen molar-refractivity contribution in [3.05, 3.63) is 63.6 Å². The third kappa shape index (κ3) is 3.74. The molecule has 0 radical (unpaired) electrons. The first-order valence-corrected chi connectivity index (χ1v) is 7.41. The van der Waals surface area contributed by atoms with Crippen molar-refractivity contribution in [2.75, 3.05) is 7.11 Å². The molecule has 0 spiro atoms. The van der Waals surface area contributed by atoms with Gasteiger partial charge in [0.1, 0.15) is 12.4 Å². The molecule has 0 fully saturated rings. The van der Waals surface area contributed by atoms with E-state index in [-0.39, 0.29) is 11.3 Å². The van der Waals surface area contributed by atoms with Crippen LogP contribution in [0, 0.1) is 0 Å². The predicted molar refractivity (Wildman–Crippen MR) is 86.3 cm³/mol. The Kier molecular flexibility index (Phi) is 5.33. The Morgan fingerprint density at radius 2 is 1.77 bits per heavy atom. The lowest BCUT2D eigenvalue weighted by Gasteiger charge is -2.12. The number of ketones is 1. The number of Topliss-reactive ketones (excluding diaryl/α,β-unsaturated/α-hetero) is 1. The fourth-order valence-corrected chi connectivity index (χ4v) is 2.43. The number of hydrogen-bond acceptors (Lipinski definition) is 4. The molecular formula is C17H15BrO4. The summed E-state index contributed by atoms with van der Waals surface area (Å²) in [5.74, 6) is -0.299. The molecule has 22 heavy (non-hydrogen) atoms. The van der Waals surface area contributed by atoms with Crippen LogP contribution in [0.25, 0.3) is 0 Å². The maximum atomic E-state index is 11.8. The Hall–Kier alpha value is -2.14. The second-order valence-corrected chi connectivity index (χ2v) is 5.50. The van der Waals surface area contributed by atoms with Gasteiger partial charge in [0, 0.05) is 5.56 Å². The monoisotopic (exact) mass is 362 g/mol. The highest BCUT2D eigenvalue weighted by Gasteiger charge is 2.18. The van der Waals surface area contributed by atoms with Gasteiger partial charge in [0.2, 0.25) is 0 Å². The Morgan fingerprint density at radius 3 is 2.36 bits per heavy atom. The molecule has 0 amide bonds. The molecule has 0 atom stereocenters. The van der Waals surface area contributed by atoms with Crippen molar-refractivity contribution >= 4 is 27.7 Å². The van der Waals surface area contributed by atoms with Gasteiger partial charge in [0.15, 0.2) is 5.78 Å². The average Bonchev–Trinajstić information content (AvgIpc) is 2.53. The van der Waals surface area contributed by atoms with Crippen molar-refractivity contribution in [3.63, 3.8) is 0 Å². The molecular weight excluding hydrogens is 348 g/mol. The molecule has 0 unspecified atom stereocenters. The standard InChI is InChI=1S/C17H15BrO4/c1-11(19)13-8-15(18)16(9-14(13)17(20)21-2)22-10-12-6-4-3-5-7-12/h3-9H,10H2,1-2H3. The summed E-state index contributed by atoms with van der Waals surface area (Å²) in [6, 6.07) is 12.8. The zero-order valence-electron chi connectivity index (χ0n) is 12.3. The second-order valence-electron chi connectivity index (χ2n) is 4.65. The fourth-order valence-electron chi connectivity index (χ4n) is 1.97. The first-order chi connectivity index (χ1) is 10.5. The number of ether oxygens (including phenoxy) is 2. The van der Waals surface area contributed by atoms with E-state index in [1.165, 1.54) is 20.1 Å². The van der Waals surface area contributed by atoms with Gasteiger partial charge in [-0.2, -0.15) is 0 Å². The molecule has 2 rings (SSSR count). The van der Waals surface area contributed by atoms with Gasteiger partial charge < -0.3 is 9.47 Å². The van der Waals surface area contributed by atoms with Crippen LogP contribution in [0.4, 0.5) is 0 Å². The van der Waals surface area contributed by atoms with E-state index in [2.05, 4.69) is 15.9 Å². The third-order valence-corrected chi connectivity index (χ3v) is 3.71. The molecule has 0 N–H and O–H groups in total. The number of rotatable bonds is 5. The maximum Gasteiger partial charge on any atom is 0.338 e. The van der Waals surface area contributed by atoms with Crippen LogP contribution in [0.3, 0.4) is 0 Å².